The number of carbonyl (C=O) groups excluding carboxylic acids is 1. The third kappa shape index (κ3) is 3.57. The Bertz CT molecular complexity index is 1150. The molecule has 0 saturated heterocycles. The van der Waals surface area contributed by atoms with Crippen molar-refractivity contribution in [2.24, 2.45) is 0 Å². The molecule has 0 atom stereocenters. The third-order valence-electron chi connectivity index (χ3n) is 3.73. The van der Waals surface area contributed by atoms with Crippen LogP contribution in [0.15, 0.2) is 46.0 Å². The molecule has 11 heteroatoms. The molecule has 1 aromatic carbocycles. The number of hydrogen-bond acceptors (Lipinski definition) is 6. The molecule has 0 aliphatic heterocycles. The minimum absolute atomic E-state index is 0.0379. The van der Waals surface area contributed by atoms with Gasteiger partial charge in [-0.25, -0.2) is 18.4 Å². The predicted molar refractivity (Wildman–Crippen MR) is 93.5 cm³/mol. The number of halogens is 3. The first-order chi connectivity index (χ1) is 13.0. The highest BCUT2D eigenvalue weighted by molar-refractivity contribution is 7.92. The van der Waals surface area contributed by atoms with Crippen LogP contribution in [-0.4, -0.2) is 29.8 Å². The van der Waals surface area contributed by atoms with Gasteiger partial charge in [-0.05, 0) is 30.3 Å². The summed E-state index contributed by atoms with van der Waals surface area (Å²) < 4.78 is 67.5. The maximum absolute atomic E-state index is 12.9. The van der Waals surface area contributed by atoms with Gasteiger partial charge in [0.2, 0.25) is 0 Å². The van der Waals surface area contributed by atoms with Gasteiger partial charge >= 0.3 is 5.51 Å². The molecule has 0 aliphatic carbocycles. The summed E-state index contributed by atoms with van der Waals surface area (Å²) in [6.07, 6.45) is 0.865. The maximum Gasteiger partial charge on any atom is 0.503 e. The summed E-state index contributed by atoms with van der Waals surface area (Å²) in [5, 5.41) is 1.00. The molecular weight excluding hydrogens is 399 g/mol. The number of nitrogens with one attached hydrogen (secondary N) is 1. The van der Waals surface area contributed by atoms with E-state index in [-0.39, 0.29) is 11.6 Å². The number of nitrogens with zero attached hydrogens (tertiary/aromatic N) is 2. The number of fused-ring (bicyclic) bond motifs is 1. The number of carbonyl (C=O) groups is 1. The van der Waals surface area contributed by atoms with Crippen LogP contribution in [0.25, 0.3) is 11.1 Å². The van der Waals surface area contributed by atoms with Crippen LogP contribution in [0.4, 0.5) is 18.9 Å². The lowest BCUT2D eigenvalue weighted by molar-refractivity contribution is -0.0438. The van der Waals surface area contributed by atoms with Gasteiger partial charge < -0.3 is 9.73 Å². The van der Waals surface area contributed by atoms with Crippen LogP contribution >= 0.6 is 0 Å². The van der Waals surface area contributed by atoms with Gasteiger partial charge in [0.15, 0.2) is 16.5 Å². The van der Waals surface area contributed by atoms with Gasteiger partial charge in [0.05, 0.1) is 5.56 Å². The first-order valence-corrected chi connectivity index (χ1v) is 9.47. The molecule has 0 aliphatic rings. The number of aromatic nitrogens is 2. The topological polar surface area (TPSA) is 102 Å². The Morgan fingerprint density at radius 3 is 2.57 bits per heavy atom. The van der Waals surface area contributed by atoms with E-state index in [9.17, 15) is 26.4 Å². The van der Waals surface area contributed by atoms with E-state index in [0.29, 0.717) is 17.0 Å². The molecular formula is C17H14F3N3O4S. The summed E-state index contributed by atoms with van der Waals surface area (Å²) in [4.78, 5) is 20.0. The second kappa shape index (κ2) is 6.89. The molecule has 0 fully saturated rings. The summed E-state index contributed by atoms with van der Waals surface area (Å²) >= 11 is 0. The van der Waals surface area contributed by atoms with E-state index in [1.165, 1.54) is 18.2 Å². The highest BCUT2D eigenvalue weighted by Gasteiger charge is 2.49. The Morgan fingerprint density at radius 1 is 1.21 bits per heavy atom. The fourth-order valence-corrected chi connectivity index (χ4v) is 3.22. The minimum atomic E-state index is -5.78. The van der Waals surface area contributed by atoms with Gasteiger partial charge in [-0.15, -0.1) is 0 Å². The Morgan fingerprint density at radius 2 is 1.93 bits per heavy atom. The summed E-state index contributed by atoms with van der Waals surface area (Å²) in [5.41, 5.74) is -5.18. The molecule has 0 unspecified atom stereocenters. The zero-order valence-corrected chi connectivity index (χ0v) is 15.4. The Kier molecular flexibility index (Phi) is 4.88. The molecule has 7 nitrogen and oxygen atoms in total. The van der Waals surface area contributed by atoms with E-state index < -0.39 is 31.8 Å². The molecule has 148 valence electrons. The number of rotatable bonds is 4. The normalized spacial score (nSPS) is 12.5. The van der Waals surface area contributed by atoms with Crippen LogP contribution in [0.1, 0.15) is 36.0 Å². The van der Waals surface area contributed by atoms with E-state index in [1.54, 1.807) is 6.07 Å². The Hall–Kier alpha value is -2.95. The van der Waals surface area contributed by atoms with Crippen molar-refractivity contribution in [3.63, 3.8) is 0 Å². The number of benzene rings is 1. The van der Waals surface area contributed by atoms with Crippen LogP contribution in [0.3, 0.4) is 0 Å². The highest BCUT2D eigenvalue weighted by Crippen LogP contribution is 2.31. The van der Waals surface area contributed by atoms with E-state index in [1.807, 2.05) is 13.8 Å². The summed E-state index contributed by atoms with van der Waals surface area (Å²) in [7, 11) is -5.78. The summed E-state index contributed by atoms with van der Waals surface area (Å²) in [6, 6.07) is 6.59. The van der Waals surface area contributed by atoms with Crippen LogP contribution in [0.5, 0.6) is 0 Å². The van der Waals surface area contributed by atoms with Crippen molar-refractivity contribution in [3.8, 4) is 0 Å². The van der Waals surface area contributed by atoms with Crippen LogP contribution in [0, 0.1) is 0 Å². The van der Waals surface area contributed by atoms with Crippen molar-refractivity contribution < 1.29 is 30.8 Å². The SMILES string of the molecule is CC(C)c1nc2cc(NC(=O)c3cccnc3S(=O)(=O)C(F)(F)F)ccc2o1. The first-order valence-electron chi connectivity index (χ1n) is 7.99. The number of amides is 1. The van der Waals surface area contributed by atoms with Crippen molar-refractivity contribution in [3.05, 3.63) is 48.0 Å². The monoisotopic (exact) mass is 413 g/mol. The zero-order chi connectivity index (χ0) is 20.7. The second-order valence-corrected chi connectivity index (χ2v) is 8.01. The molecule has 3 aromatic rings. The van der Waals surface area contributed by atoms with Gasteiger partial charge in [0, 0.05) is 17.8 Å². The summed E-state index contributed by atoms with van der Waals surface area (Å²) in [6.45, 7) is 3.77. The average molecular weight is 413 g/mol. The molecule has 1 amide bonds. The molecule has 1 N–H and O–H groups in total. The summed E-state index contributed by atoms with van der Waals surface area (Å²) in [5.74, 6) is -0.525. The average Bonchev–Trinajstić information content (AvgIpc) is 3.04. The lowest BCUT2D eigenvalue weighted by Crippen LogP contribution is -2.27. The van der Waals surface area contributed by atoms with Gasteiger partial charge in [0.1, 0.15) is 5.52 Å². The second-order valence-electron chi connectivity index (χ2n) is 6.15. The number of anilines is 1. The van der Waals surface area contributed by atoms with Crippen molar-refractivity contribution in [2.45, 2.75) is 30.3 Å². The Labute approximate surface area is 157 Å². The van der Waals surface area contributed by atoms with Gasteiger partial charge in [-0.1, -0.05) is 13.8 Å². The zero-order valence-electron chi connectivity index (χ0n) is 14.6. The third-order valence-corrected chi connectivity index (χ3v) is 5.17. The molecule has 2 heterocycles. The maximum atomic E-state index is 12.9. The van der Waals surface area contributed by atoms with Crippen molar-refractivity contribution in [1.82, 2.24) is 9.97 Å². The van der Waals surface area contributed by atoms with E-state index >= 15 is 0 Å². The molecule has 0 spiro atoms. The lowest BCUT2D eigenvalue weighted by Gasteiger charge is -2.11. The fourth-order valence-electron chi connectivity index (χ4n) is 2.36. The quantitative estimate of drug-likeness (QED) is 0.696. The van der Waals surface area contributed by atoms with Gasteiger partial charge in [-0.3, -0.25) is 4.79 Å². The molecule has 0 bridgehead atoms. The predicted octanol–water partition coefficient (Wildman–Crippen LogP) is 3.89. The lowest BCUT2D eigenvalue weighted by atomic mass is 10.2. The number of oxazole rings is 1. The van der Waals surface area contributed by atoms with E-state index in [0.717, 1.165) is 12.3 Å². The molecule has 28 heavy (non-hydrogen) atoms. The van der Waals surface area contributed by atoms with Crippen molar-refractivity contribution >= 4 is 32.5 Å². The largest absolute Gasteiger partial charge is 0.503 e. The number of alkyl halides is 3. The molecule has 2 aromatic heterocycles. The molecule has 0 radical (unpaired) electrons. The fraction of sp³-hybridized carbons (Fsp3) is 0.235. The van der Waals surface area contributed by atoms with E-state index in [4.69, 9.17) is 4.42 Å². The minimum Gasteiger partial charge on any atom is -0.440 e. The van der Waals surface area contributed by atoms with Crippen LogP contribution in [-0.2, 0) is 9.84 Å². The van der Waals surface area contributed by atoms with E-state index in [2.05, 4.69) is 15.3 Å². The smallest absolute Gasteiger partial charge is 0.440 e. The molecule has 0 saturated carbocycles. The van der Waals surface area contributed by atoms with Crippen LogP contribution < -0.4 is 5.32 Å². The van der Waals surface area contributed by atoms with Crippen molar-refractivity contribution in [1.29, 1.82) is 0 Å². The first kappa shape index (κ1) is 19.8. The number of pyridine rings is 1. The number of hydrogen-bond donors (Lipinski definition) is 1. The van der Waals surface area contributed by atoms with Crippen molar-refractivity contribution in [2.75, 3.05) is 5.32 Å². The molecule has 3 rings (SSSR count). The Balaban J connectivity index is 1.95. The number of sulfone groups is 1. The van der Waals surface area contributed by atoms with Crippen LogP contribution in [0.2, 0.25) is 0 Å². The highest BCUT2D eigenvalue weighted by atomic mass is 32.2. The standard InChI is InChI=1S/C17H14F3N3O4S/c1-9(2)15-23-12-8-10(5-6-13(12)27-15)22-14(24)11-4-3-7-21-16(11)28(25,26)17(18,19)20/h3-9H,1-2H3,(H,22,24). The van der Waals surface area contributed by atoms with Gasteiger partial charge in [-0.2, -0.15) is 13.2 Å². The van der Waals surface area contributed by atoms with Gasteiger partial charge in [0.25, 0.3) is 15.7 Å².